The molecule has 1 aromatic rings. The van der Waals surface area contributed by atoms with Gasteiger partial charge in [0.05, 0.1) is 4.99 Å². The van der Waals surface area contributed by atoms with Crippen molar-refractivity contribution in [1.82, 2.24) is 4.98 Å². The van der Waals surface area contributed by atoms with Crippen LogP contribution >= 0.6 is 12.2 Å². The zero-order valence-corrected chi connectivity index (χ0v) is 9.34. The Bertz CT molecular complexity index is 325. The molecule has 0 radical (unpaired) electrons. The number of aromatic nitrogens is 1. The van der Waals surface area contributed by atoms with Gasteiger partial charge in [-0.05, 0) is 18.6 Å². The zero-order chi connectivity index (χ0) is 10.6. The fraction of sp³-hybridized carbons (Fsp3) is 0.400. The number of hydrogen-bond acceptors (Lipinski definition) is 3. The zero-order valence-electron chi connectivity index (χ0n) is 8.53. The summed E-state index contributed by atoms with van der Waals surface area (Å²) in [5.41, 5.74) is 7.79. The molecule has 0 aliphatic heterocycles. The van der Waals surface area contributed by atoms with Gasteiger partial charge in [0.25, 0.3) is 0 Å². The van der Waals surface area contributed by atoms with Gasteiger partial charge in [-0.1, -0.05) is 12.2 Å². The summed E-state index contributed by atoms with van der Waals surface area (Å²) in [7, 11) is 2.03. The molecule has 0 aliphatic carbocycles. The lowest BCUT2D eigenvalue weighted by Crippen LogP contribution is -2.23. The smallest absolute Gasteiger partial charge is 0.0745 e. The van der Waals surface area contributed by atoms with Crippen LogP contribution in [0, 0.1) is 6.92 Å². The molecule has 0 aromatic carbocycles. The van der Waals surface area contributed by atoms with Crippen molar-refractivity contribution in [2.45, 2.75) is 13.3 Å². The standard InChI is InChI=1S/C10H15N3S/c1-8-7-12-5-3-9(8)13(2)6-4-10(11)14/h3,5,7H,4,6H2,1-2H3,(H2,11,14). The Morgan fingerprint density at radius 1 is 1.64 bits per heavy atom. The van der Waals surface area contributed by atoms with Gasteiger partial charge in [0.15, 0.2) is 0 Å². The third-order valence-corrected chi connectivity index (χ3v) is 2.30. The van der Waals surface area contributed by atoms with E-state index in [0.717, 1.165) is 18.5 Å². The third-order valence-electron chi connectivity index (χ3n) is 2.10. The maximum atomic E-state index is 5.45. The number of nitrogens with two attached hydrogens (primary N) is 1. The second kappa shape index (κ2) is 4.91. The summed E-state index contributed by atoms with van der Waals surface area (Å²) in [6.07, 6.45) is 4.39. The van der Waals surface area contributed by atoms with Gasteiger partial charge in [0.1, 0.15) is 0 Å². The Morgan fingerprint density at radius 3 is 2.93 bits per heavy atom. The molecule has 1 rings (SSSR count). The lowest BCUT2D eigenvalue weighted by atomic mass is 10.2. The molecule has 1 aromatic heterocycles. The van der Waals surface area contributed by atoms with Crippen molar-refractivity contribution in [3.8, 4) is 0 Å². The van der Waals surface area contributed by atoms with Gasteiger partial charge >= 0.3 is 0 Å². The maximum Gasteiger partial charge on any atom is 0.0745 e. The van der Waals surface area contributed by atoms with E-state index in [2.05, 4.69) is 9.88 Å². The summed E-state index contributed by atoms with van der Waals surface area (Å²) >= 11 is 4.84. The second-order valence-electron chi connectivity index (χ2n) is 3.30. The number of anilines is 1. The van der Waals surface area contributed by atoms with Gasteiger partial charge in [-0.25, -0.2) is 0 Å². The van der Waals surface area contributed by atoms with Crippen LogP contribution in [0.2, 0.25) is 0 Å². The van der Waals surface area contributed by atoms with E-state index in [1.807, 2.05) is 26.2 Å². The van der Waals surface area contributed by atoms with Crippen LogP contribution < -0.4 is 10.6 Å². The lowest BCUT2D eigenvalue weighted by molar-refractivity contribution is 0.913. The van der Waals surface area contributed by atoms with Crippen molar-refractivity contribution in [3.05, 3.63) is 24.0 Å². The topological polar surface area (TPSA) is 42.2 Å². The minimum Gasteiger partial charge on any atom is -0.393 e. The Labute approximate surface area is 89.9 Å². The van der Waals surface area contributed by atoms with E-state index in [1.165, 1.54) is 5.69 Å². The van der Waals surface area contributed by atoms with Gasteiger partial charge < -0.3 is 10.6 Å². The molecule has 0 atom stereocenters. The van der Waals surface area contributed by atoms with Crippen molar-refractivity contribution in [1.29, 1.82) is 0 Å². The van der Waals surface area contributed by atoms with Crippen LogP contribution in [-0.4, -0.2) is 23.6 Å². The highest BCUT2D eigenvalue weighted by molar-refractivity contribution is 7.80. The van der Waals surface area contributed by atoms with Crippen LogP contribution in [0.4, 0.5) is 5.69 Å². The maximum absolute atomic E-state index is 5.45. The van der Waals surface area contributed by atoms with Gasteiger partial charge in [0.2, 0.25) is 0 Å². The first kappa shape index (κ1) is 10.9. The van der Waals surface area contributed by atoms with Crippen molar-refractivity contribution in [2.75, 3.05) is 18.5 Å². The SMILES string of the molecule is Cc1cnccc1N(C)CCC(N)=S. The number of nitrogens with zero attached hydrogens (tertiary/aromatic N) is 2. The molecule has 4 heteroatoms. The summed E-state index contributed by atoms with van der Waals surface area (Å²) < 4.78 is 0. The Hall–Kier alpha value is -1.16. The highest BCUT2D eigenvalue weighted by Gasteiger charge is 2.03. The van der Waals surface area contributed by atoms with Gasteiger partial charge in [0, 0.05) is 38.1 Å². The highest BCUT2D eigenvalue weighted by Crippen LogP contribution is 2.16. The molecule has 0 bridgehead atoms. The monoisotopic (exact) mass is 209 g/mol. The summed E-state index contributed by atoms with van der Waals surface area (Å²) in [5, 5.41) is 0. The third kappa shape index (κ3) is 2.96. The summed E-state index contributed by atoms with van der Waals surface area (Å²) in [6.45, 7) is 2.89. The first-order valence-corrected chi connectivity index (χ1v) is 4.92. The van der Waals surface area contributed by atoms with Crippen LogP contribution in [-0.2, 0) is 0 Å². The molecular weight excluding hydrogens is 194 g/mol. The normalized spacial score (nSPS) is 9.86. The van der Waals surface area contributed by atoms with Crippen molar-refractivity contribution in [2.24, 2.45) is 5.73 Å². The van der Waals surface area contributed by atoms with Crippen LogP contribution in [0.5, 0.6) is 0 Å². The van der Waals surface area contributed by atoms with E-state index in [1.54, 1.807) is 6.20 Å². The number of thiocarbonyl (C=S) groups is 1. The summed E-state index contributed by atoms with van der Waals surface area (Å²) in [4.78, 5) is 6.74. The summed E-state index contributed by atoms with van der Waals surface area (Å²) in [5.74, 6) is 0. The quantitative estimate of drug-likeness (QED) is 0.763. The highest BCUT2D eigenvalue weighted by atomic mass is 32.1. The average Bonchev–Trinajstić information content (AvgIpc) is 2.15. The Kier molecular flexibility index (Phi) is 3.83. The number of aryl methyl sites for hydroxylation is 1. The molecule has 0 fully saturated rings. The number of hydrogen-bond donors (Lipinski definition) is 1. The van der Waals surface area contributed by atoms with Crippen molar-refractivity contribution < 1.29 is 0 Å². The van der Waals surface area contributed by atoms with E-state index in [4.69, 9.17) is 18.0 Å². The van der Waals surface area contributed by atoms with Crippen molar-refractivity contribution in [3.63, 3.8) is 0 Å². The predicted octanol–water partition coefficient (Wildman–Crippen LogP) is 1.50. The summed E-state index contributed by atoms with van der Waals surface area (Å²) in [6, 6.07) is 1.99. The number of rotatable bonds is 4. The van der Waals surface area contributed by atoms with E-state index in [9.17, 15) is 0 Å². The van der Waals surface area contributed by atoms with Crippen LogP contribution in [0.15, 0.2) is 18.5 Å². The molecule has 0 saturated heterocycles. The molecule has 76 valence electrons. The molecule has 0 saturated carbocycles. The van der Waals surface area contributed by atoms with E-state index in [-0.39, 0.29) is 0 Å². The van der Waals surface area contributed by atoms with Gasteiger partial charge in [-0.15, -0.1) is 0 Å². The first-order valence-electron chi connectivity index (χ1n) is 4.51. The fourth-order valence-electron chi connectivity index (χ4n) is 1.29. The minimum atomic E-state index is 0.559. The molecule has 14 heavy (non-hydrogen) atoms. The largest absolute Gasteiger partial charge is 0.393 e. The van der Waals surface area contributed by atoms with E-state index < -0.39 is 0 Å². The van der Waals surface area contributed by atoms with Gasteiger partial charge in [-0.2, -0.15) is 0 Å². The fourth-order valence-corrected chi connectivity index (χ4v) is 1.38. The second-order valence-corrected chi connectivity index (χ2v) is 3.82. The average molecular weight is 209 g/mol. The first-order chi connectivity index (χ1) is 6.61. The van der Waals surface area contributed by atoms with Crippen molar-refractivity contribution >= 4 is 22.9 Å². The van der Waals surface area contributed by atoms with Crippen LogP contribution in [0.3, 0.4) is 0 Å². The molecule has 0 spiro atoms. The molecule has 3 nitrogen and oxygen atoms in total. The van der Waals surface area contributed by atoms with Crippen LogP contribution in [0.25, 0.3) is 0 Å². The predicted molar refractivity (Wildman–Crippen MR) is 63.6 cm³/mol. The Balaban J connectivity index is 2.65. The van der Waals surface area contributed by atoms with E-state index >= 15 is 0 Å². The molecule has 0 amide bonds. The molecule has 0 aliphatic rings. The lowest BCUT2D eigenvalue weighted by Gasteiger charge is -2.20. The minimum absolute atomic E-state index is 0.559. The molecule has 1 heterocycles. The van der Waals surface area contributed by atoms with E-state index in [0.29, 0.717) is 4.99 Å². The number of pyridine rings is 1. The van der Waals surface area contributed by atoms with Crippen LogP contribution in [0.1, 0.15) is 12.0 Å². The molecular formula is C10H15N3S. The van der Waals surface area contributed by atoms with Gasteiger partial charge in [-0.3, -0.25) is 4.98 Å². The molecule has 0 unspecified atom stereocenters. The molecule has 2 N–H and O–H groups in total. The Morgan fingerprint density at radius 2 is 2.36 bits per heavy atom.